The average Bonchev–Trinajstić information content (AvgIpc) is 2.62. The van der Waals surface area contributed by atoms with Crippen molar-refractivity contribution in [3.05, 3.63) is 65.2 Å². The van der Waals surface area contributed by atoms with Crippen LogP contribution in [0.25, 0.3) is 0 Å². The zero-order chi connectivity index (χ0) is 19.2. The molecule has 0 radical (unpaired) electrons. The van der Waals surface area contributed by atoms with Crippen LogP contribution in [-0.4, -0.2) is 33.3 Å². The Hall–Kier alpha value is -2.71. The van der Waals surface area contributed by atoms with Gasteiger partial charge in [0.05, 0.1) is 4.90 Å². The molecule has 8 heteroatoms. The fraction of sp³-hybridized carbons (Fsp3) is 0.222. The molecule has 0 aliphatic rings. The number of rotatable bonds is 8. The van der Waals surface area contributed by atoms with Crippen LogP contribution in [0.15, 0.2) is 53.4 Å². The van der Waals surface area contributed by atoms with Crippen molar-refractivity contribution in [3.63, 3.8) is 0 Å². The van der Waals surface area contributed by atoms with Gasteiger partial charge in [-0.25, -0.2) is 13.1 Å². The van der Waals surface area contributed by atoms with Crippen LogP contribution in [0.2, 0.25) is 0 Å². The molecule has 0 aromatic heterocycles. The summed E-state index contributed by atoms with van der Waals surface area (Å²) in [4.78, 5) is 23.4. The van der Waals surface area contributed by atoms with Gasteiger partial charge in [-0.05, 0) is 48.4 Å². The fourth-order valence-corrected chi connectivity index (χ4v) is 3.40. The molecule has 0 aliphatic heterocycles. The van der Waals surface area contributed by atoms with Crippen LogP contribution < -0.4 is 15.8 Å². The van der Waals surface area contributed by atoms with E-state index in [4.69, 9.17) is 5.73 Å². The molecule has 0 saturated heterocycles. The van der Waals surface area contributed by atoms with E-state index in [2.05, 4.69) is 10.0 Å². The van der Waals surface area contributed by atoms with Crippen molar-refractivity contribution in [2.24, 2.45) is 5.73 Å². The van der Waals surface area contributed by atoms with Crippen LogP contribution in [0.3, 0.4) is 0 Å². The second-order valence-corrected chi connectivity index (χ2v) is 7.36. The molecule has 2 aromatic carbocycles. The molecule has 7 nitrogen and oxygen atoms in total. The van der Waals surface area contributed by atoms with Gasteiger partial charge >= 0.3 is 0 Å². The first-order valence-electron chi connectivity index (χ1n) is 8.10. The number of nitrogens with two attached hydrogens (primary N) is 1. The summed E-state index contributed by atoms with van der Waals surface area (Å²) in [5, 5.41) is 2.76. The largest absolute Gasteiger partial charge is 0.366 e. The van der Waals surface area contributed by atoms with E-state index in [0.717, 1.165) is 5.56 Å². The lowest BCUT2D eigenvalue weighted by Crippen LogP contribution is -2.26. The first-order chi connectivity index (χ1) is 12.3. The summed E-state index contributed by atoms with van der Waals surface area (Å²) in [6.07, 6.45) is 0.541. The van der Waals surface area contributed by atoms with Crippen molar-refractivity contribution in [3.8, 4) is 0 Å². The Morgan fingerprint density at radius 2 is 1.73 bits per heavy atom. The van der Waals surface area contributed by atoms with Gasteiger partial charge in [-0.3, -0.25) is 9.59 Å². The number of benzene rings is 2. The Labute approximate surface area is 152 Å². The SMILES string of the molecule is CCNS(=O)(=O)c1ccc(C(=O)NCCc2cccc(C(N)=O)c2)cc1. The summed E-state index contributed by atoms with van der Waals surface area (Å²) in [6.45, 7) is 2.36. The predicted octanol–water partition coefficient (Wildman–Crippen LogP) is 1.06. The van der Waals surface area contributed by atoms with Gasteiger partial charge in [0.1, 0.15) is 0 Å². The van der Waals surface area contributed by atoms with E-state index in [1.54, 1.807) is 25.1 Å². The minimum Gasteiger partial charge on any atom is -0.366 e. The molecule has 0 unspecified atom stereocenters. The topological polar surface area (TPSA) is 118 Å². The molecule has 138 valence electrons. The van der Waals surface area contributed by atoms with Crippen molar-refractivity contribution in [2.45, 2.75) is 18.2 Å². The first kappa shape index (κ1) is 19.6. The summed E-state index contributed by atoms with van der Waals surface area (Å²) in [7, 11) is -3.54. The number of carbonyl (C=O) groups is 2. The summed E-state index contributed by atoms with van der Waals surface area (Å²) in [5.74, 6) is -0.799. The normalized spacial score (nSPS) is 11.1. The van der Waals surface area contributed by atoms with Gasteiger partial charge in [0.25, 0.3) is 5.91 Å². The maximum Gasteiger partial charge on any atom is 0.251 e. The second-order valence-electron chi connectivity index (χ2n) is 5.60. The highest BCUT2D eigenvalue weighted by Gasteiger charge is 2.13. The number of amides is 2. The Morgan fingerprint density at radius 1 is 1.04 bits per heavy atom. The lowest BCUT2D eigenvalue weighted by molar-refractivity contribution is 0.0952. The molecule has 2 amide bonds. The highest BCUT2D eigenvalue weighted by Crippen LogP contribution is 2.10. The zero-order valence-electron chi connectivity index (χ0n) is 14.4. The molecule has 0 bridgehead atoms. The van der Waals surface area contributed by atoms with Gasteiger partial charge in [0.2, 0.25) is 15.9 Å². The van der Waals surface area contributed by atoms with Gasteiger partial charge in [-0.1, -0.05) is 19.1 Å². The third-order valence-electron chi connectivity index (χ3n) is 3.67. The molecule has 0 fully saturated rings. The lowest BCUT2D eigenvalue weighted by Gasteiger charge is -2.08. The molecule has 0 heterocycles. The standard InChI is InChI=1S/C18H21N3O4S/c1-2-21-26(24,25)16-8-6-14(7-9-16)18(23)20-11-10-13-4-3-5-15(12-13)17(19)22/h3-9,12,21H,2,10-11H2,1H3,(H2,19,22)(H,20,23). The van der Waals surface area contributed by atoms with Gasteiger partial charge in [0.15, 0.2) is 0 Å². The zero-order valence-corrected chi connectivity index (χ0v) is 15.2. The van der Waals surface area contributed by atoms with Crippen LogP contribution in [0.5, 0.6) is 0 Å². The summed E-state index contributed by atoms with van der Waals surface area (Å²) < 4.78 is 26.1. The van der Waals surface area contributed by atoms with E-state index in [0.29, 0.717) is 30.6 Å². The molecule has 2 rings (SSSR count). The maximum absolute atomic E-state index is 12.1. The third-order valence-corrected chi connectivity index (χ3v) is 5.23. The van der Waals surface area contributed by atoms with E-state index in [-0.39, 0.29) is 10.8 Å². The Bertz CT molecular complexity index is 893. The number of hydrogen-bond donors (Lipinski definition) is 3. The lowest BCUT2D eigenvalue weighted by atomic mass is 10.1. The van der Waals surface area contributed by atoms with Gasteiger partial charge in [-0.2, -0.15) is 0 Å². The molecule has 0 atom stereocenters. The number of primary amides is 1. The van der Waals surface area contributed by atoms with Crippen molar-refractivity contribution in [1.82, 2.24) is 10.0 Å². The van der Waals surface area contributed by atoms with E-state index in [9.17, 15) is 18.0 Å². The van der Waals surface area contributed by atoms with Gasteiger partial charge in [-0.15, -0.1) is 0 Å². The minimum atomic E-state index is -3.54. The van der Waals surface area contributed by atoms with Crippen LogP contribution in [0, 0.1) is 0 Å². The van der Waals surface area contributed by atoms with E-state index in [1.165, 1.54) is 24.3 Å². The smallest absolute Gasteiger partial charge is 0.251 e. The van der Waals surface area contributed by atoms with Crippen LogP contribution in [0.4, 0.5) is 0 Å². The molecule has 26 heavy (non-hydrogen) atoms. The molecular formula is C18H21N3O4S. The Kier molecular flexibility index (Phi) is 6.48. The van der Waals surface area contributed by atoms with Gasteiger partial charge < -0.3 is 11.1 Å². The van der Waals surface area contributed by atoms with E-state index in [1.807, 2.05) is 6.07 Å². The fourth-order valence-electron chi connectivity index (χ4n) is 2.36. The molecule has 4 N–H and O–H groups in total. The van der Waals surface area contributed by atoms with Crippen LogP contribution >= 0.6 is 0 Å². The van der Waals surface area contributed by atoms with Crippen molar-refractivity contribution in [1.29, 1.82) is 0 Å². The number of hydrogen-bond acceptors (Lipinski definition) is 4. The third kappa shape index (κ3) is 5.14. The van der Waals surface area contributed by atoms with Gasteiger partial charge in [0, 0.05) is 24.2 Å². The average molecular weight is 375 g/mol. The Balaban J connectivity index is 1.94. The van der Waals surface area contributed by atoms with Crippen molar-refractivity contribution in [2.75, 3.05) is 13.1 Å². The molecule has 0 aliphatic carbocycles. The first-order valence-corrected chi connectivity index (χ1v) is 9.58. The minimum absolute atomic E-state index is 0.110. The second kappa shape index (κ2) is 8.59. The number of sulfonamides is 1. The van der Waals surface area contributed by atoms with E-state index >= 15 is 0 Å². The summed E-state index contributed by atoms with van der Waals surface area (Å²) in [5.41, 5.74) is 6.91. The predicted molar refractivity (Wildman–Crippen MR) is 98.3 cm³/mol. The maximum atomic E-state index is 12.1. The van der Waals surface area contributed by atoms with Crippen molar-refractivity contribution >= 4 is 21.8 Å². The van der Waals surface area contributed by atoms with Crippen molar-refractivity contribution < 1.29 is 18.0 Å². The quantitative estimate of drug-likeness (QED) is 0.639. The summed E-state index contributed by atoms with van der Waals surface area (Å²) >= 11 is 0. The molecule has 0 saturated carbocycles. The molecule has 2 aromatic rings. The monoisotopic (exact) mass is 375 g/mol. The molecule has 0 spiro atoms. The Morgan fingerprint density at radius 3 is 2.35 bits per heavy atom. The number of nitrogens with one attached hydrogen (secondary N) is 2. The van der Waals surface area contributed by atoms with Crippen LogP contribution in [-0.2, 0) is 16.4 Å². The van der Waals surface area contributed by atoms with E-state index < -0.39 is 15.9 Å². The molecular weight excluding hydrogens is 354 g/mol. The summed E-state index contributed by atoms with van der Waals surface area (Å²) in [6, 6.07) is 12.6. The van der Waals surface area contributed by atoms with Crippen LogP contribution in [0.1, 0.15) is 33.2 Å². The number of carbonyl (C=O) groups excluding carboxylic acids is 2. The highest BCUT2D eigenvalue weighted by molar-refractivity contribution is 7.89. The highest BCUT2D eigenvalue weighted by atomic mass is 32.2.